The molecule has 0 N–H and O–H groups in total. The van der Waals surface area contributed by atoms with E-state index in [1.54, 1.807) is 18.2 Å². The molecule has 0 heterocycles. The fourth-order valence-electron chi connectivity index (χ4n) is 2.47. The van der Waals surface area contributed by atoms with Gasteiger partial charge < -0.3 is 4.74 Å². The highest BCUT2D eigenvalue weighted by Gasteiger charge is 2.12. The molecule has 0 bridgehead atoms. The number of sulfonamides is 1. The van der Waals surface area contributed by atoms with Crippen molar-refractivity contribution in [3.8, 4) is 5.75 Å². The molecule has 0 radical (unpaired) electrons. The van der Waals surface area contributed by atoms with Crippen molar-refractivity contribution in [2.75, 3.05) is 6.61 Å². The van der Waals surface area contributed by atoms with Gasteiger partial charge in [0.05, 0.1) is 17.7 Å². The molecule has 0 aliphatic carbocycles. The first-order valence-electron chi connectivity index (χ1n) is 7.62. The lowest BCUT2D eigenvalue weighted by molar-refractivity contribution is 0.340. The molecule has 0 saturated carbocycles. The average Bonchev–Trinajstić information content (AvgIpc) is 2.61. The summed E-state index contributed by atoms with van der Waals surface area (Å²) in [5.74, 6) is 0.614. The molecule has 24 heavy (non-hydrogen) atoms. The van der Waals surface area contributed by atoms with Crippen molar-refractivity contribution in [1.82, 2.24) is 0 Å². The lowest BCUT2D eigenvalue weighted by Crippen LogP contribution is -2.00. The molecule has 3 aromatic rings. The van der Waals surface area contributed by atoms with E-state index in [9.17, 15) is 8.42 Å². The van der Waals surface area contributed by atoms with Gasteiger partial charge in [0.2, 0.25) is 0 Å². The van der Waals surface area contributed by atoms with Crippen LogP contribution in [-0.2, 0) is 10.0 Å². The minimum Gasteiger partial charge on any atom is -0.493 e. The van der Waals surface area contributed by atoms with Crippen LogP contribution >= 0.6 is 0 Å². The monoisotopic (exact) mass is 339 g/mol. The van der Waals surface area contributed by atoms with Crippen LogP contribution in [0.15, 0.2) is 76.0 Å². The standard InChI is InChI=1S/C19H17NO3S/c1-2-23-19-13-12-15-8-6-7-11-17(15)18(19)14-20-24(21,22)16-9-4-3-5-10-16/h3-14H,2H2,1H3/b20-14-. The first kappa shape index (κ1) is 16.2. The van der Waals surface area contributed by atoms with Crippen molar-refractivity contribution in [1.29, 1.82) is 0 Å². The Hall–Kier alpha value is -2.66. The van der Waals surface area contributed by atoms with Gasteiger partial charge in [-0.25, -0.2) is 0 Å². The van der Waals surface area contributed by atoms with Gasteiger partial charge >= 0.3 is 0 Å². The molecule has 122 valence electrons. The number of benzene rings is 3. The Morgan fingerprint density at radius 2 is 1.67 bits per heavy atom. The summed E-state index contributed by atoms with van der Waals surface area (Å²) in [5.41, 5.74) is 0.662. The fourth-order valence-corrected chi connectivity index (χ4v) is 3.33. The van der Waals surface area contributed by atoms with Crippen molar-refractivity contribution in [3.63, 3.8) is 0 Å². The molecule has 0 aromatic heterocycles. The molecule has 0 atom stereocenters. The van der Waals surface area contributed by atoms with Crippen LogP contribution < -0.4 is 4.74 Å². The van der Waals surface area contributed by atoms with Crippen molar-refractivity contribution < 1.29 is 13.2 Å². The molecule has 4 nitrogen and oxygen atoms in total. The van der Waals surface area contributed by atoms with Crippen LogP contribution in [0.5, 0.6) is 5.75 Å². The van der Waals surface area contributed by atoms with E-state index in [0.29, 0.717) is 17.9 Å². The highest BCUT2D eigenvalue weighted by molar-refractivity contribution is 7.90. The third kappa shape index (κ3) is 3.31. The second-order valence-electron chi connectivity index (χ2n) is 5.15. The number of ether oxygens (including phenoxy) is 1. The molecule has 3 rings (SSSR count). The zero-order valence-corrected chi connectivity index (χ0v) is 14.0. The van der Waals surface area contributed by atoms with Gasteiger partial charge in [-0.1, -0.05) is 48.5 Å². The van der Waals surface area contributed by atoms with Gasteiger partial charge in [-0.3, -0.25) is 0 Å². The Balaban J connectivity index is 2.10. The van der Waals surface area contributed by atoms with Gasteiger partial charge in [0.25, 0.3) is 10.0 Å². The molecule has 5 heteroatoms. The number of hydrogen-bond donors (Lipinski definition) is 0. The molecular formula is C19H17NO3S. The maximum Gasteiger partial charge on any atom is 0.282 e. The van der Waals surface area contributed by atoms with Gasteiger partial charge in [-0.2, -0.15) is 12.8 Å². The van der Waals surface area contributed by atoms with Gasteiger partial charge in [-0.05, 0) is 35.9 Å². The molecule has 0 amide bonds. The molecule has 0 fully saturated rings. The summed E-state index contributed by atoms with van der Waals surface area (Å²) >= 11 is 0. The van der Waals surface area contributed by atoms with Gasteiger partial charge in [0.1, 0.15) is 5.75 Å². The number of rotatable bonds is 5. The van der Waals surface area contributed by atoms with Crippen molar-refractivity contribution in [3.05, 3.63) is 72.3 Å². The molecule has 0 spiro atoms. The molecule has 0 saturated heterocycles. The number of hydrogen-bond acceptors (Lipinski definition) is 3. The van der Waals surface area contributed by atoms with Crippen molar-refractivity contribution >= 4 is 27.0 Å². The summed E-state index contributed by atoms with van der Waals surface area (Å²) in [7, 11) is -3.74. The predicted molar refractivity (Wildman–Crippen MR) is 96.3 cm³/mol. The SMILES string of the molecule is CCOc1ccc2ccccc2c1/C=N\S(=O)(=O)c1ccccc1. The average molecular weight is 339 g/mol. The zero-order valence-electron chi connectivity index (χ0n) is 13.2. The van der Waals surface area contributed by atoms with Gasteiger partial charge in [0, 0.05) is 5.56 Å². The second kappa shape index (κ2) is 6.84. The van der Waals surface area contributed by atoms with Crippen LogP contribution in [0, 0.1) is 0 Å². The van der Waals surface area contributed by atoms with Gasteiger partial charge in [-0.15, -0.1) is 0 Å². The van der Waals surface area contributed by atoms with Crippen LogP contribution in [0.25, 0.3) is 10.8 Å². The van der Waals surface area contributed by atoms with Crippen LogP contribution in [0.1, 0.15) is 12.5 Å². The van der Waals surface area contributed by atoms with E-state index < -0.39 is 10.0 Å². The van der Waals surface area contributed by atoms with E-state index in [0.717, 1.165) is 10.8 Å². The van der Waals surface area contributed by atoms with E-state index in [-0.39, 0.29) is 4.90 Å². The maximum absolute atomic E-state index is 12.4. The highest BCUT2D eigenvalue weighted by atomic mass is 32.2. The topological polar surface area (TPSA) is 55.7 Å². The fraction of sp³-hybridized carbons (Fsp3) is 0.105. The van der Waals surface area contributed by atoms with E-state index in [2.05, 4.69) is 4.40 Å². The molecule has 0 aliphatic rings. The smallest absolute Gasteiger partial charge is 0.282 e. The minimum atomic E-state index is -3.74. The third-order valence-electron chi connectivity index (χ3n) is 3.59. The molecular weight excluding hydrogens is 322 g/mol. The highest BCUT2D eigenvalue weighted by Crippen LogP contribution is 2.27. The first-order chi connectivity index (χ1) is 11.6. The van der Waals surface area contributed by atoms with Crippen LogP contribution in [0.3, 0.4) is 0 Å². The van der Waals surface area contributed by atoms with Crippen molar-refractivity contribution in [2.24, 2.45) is 4.40 Å². The first-order valence-corrected chi connectivity index (χ1v) is 9.06. The number of fused-ring (bicyclic) bond motifs is 1. The Bertz CT molecular complexity index is 980. The van der Waals surface area contributed by atoms with Crippen LogP contribution in [0.2, 0.25) is 0 Å². The van der Waals surface area contributed by atoms with E-state index >= 15 is 0 Å². The second-order valence-corrected chi connectivity index (χ2v) is 6.79. The van der Waals surface area contributed by atoms with Crippen LogP contribution in [-0.4, -0.2) is 21.2 Å². The predicted octanol–water partition coefficient (Wildman–Crippen LogP) is 4.05. The van der Waals surface area contributed by atoms with E-state index in [1.165, 1.54) is 18.3 Å². The lowest BCUT2D eigenvalue weighted by atomic mass is 10.0. The largest absolute Gasteiger partial charge is 0.493 e. The minimum absolute atomic E-state index is 0.166. The Morgan fingerprint density at radius 3 is 2.42 bits per heavy atom. The van der Waals surface area contributed by atoms with Crippen molar-refractivity contribution in [2.45, 2.75) is 11.8 Å². The maximum atomic E-state index is 12.4. The summed E-state index contributed by atoms with van der Waals surface area (Å²) in [6, 6.07) is 19.7. The quantitative estimate of drug-likeness (QED) is 0.659. The van der Waals surface area contributed by atoms with Crippen LogP contribution in [0.4, 0.5) is 0 Å². The molecule has 3 aromatic carbocycles. The summed E-state index contributed by atoms with van der Waals surface area (Å²) in [6.45, 7) is 2.38. The normalized spacial score (nSPS) is 11.9. The Kier molecular flexibility index (Phi) is 4.62. The summed E-state index contributed by atoms with van der Waals surface area (Å²) in [5, 5.41) is 1.90. The Morgan fingerprint density at radius 1 is 0.958 bits per heavy atom. The molecule has 0 unspecified atom stereocenters. The zero-order chi connectivity index (χ0) is 17.0. The lowest BCUT2D eigenvalue weighted by Gasteiger charge is -2.10. The molecule has 0 aliphatic heterocycles. The third-order valence-corrected chi connectivity index (χ3v) is 4.84. The summed E-state index contributed by atoms with van der Waals surface area (Å²) < 4.78 is 34.2. The van der Waals surface area contributed by atoms with E-state index in [1.807, 2.05) is 43.3 Å². The van der Waals surface area contributed by atoms with E-state index in [4.69, 9.17) is 4.74 Å². The summed E-state index contributed by atoms with van der Waals surface area (Å²) in [6.07, 6.45) is 1.37. The number of nitrogens with zero attached hydrogens (tertiary/aromatic N) is 1. The van der Waals surface area contributed by atoms with Gasteiger partial charge in [0.15, 0.2) is 0 Å². The summed E-state index contributed by atoms with van der Waals surface area (Å²) in [4.78, 5) is 0.166. The Labute approximate surface area is 141 Å².